The Hall–Kier alpha value is -2.44. The number of nitrogens with two attached hydrogens (primary N) is 1. The summed E-state index contributed by atoms with van der Waals surface area (Å²) in [5, 5.41) is 0. The summed E-state index contributed by atoms with van der Waals surface area (Å²) in [5.41, 5.74) is 5.64. The first-order valence-corrected chi connectivity index (χ1v) is 5.16. The summed E-state index contributed by atoms with van der Waals surface area (Å²) >= 11 is 0. The molecular weight excluding hydrogens is 238 g/mol. The van der Waals surface area contributed by atoms with Gasteiger partial charge in [0.25, 0.3) is 5.69 Å². The number of hydrogen-bond acceptors (Lipinski definition) is 4. The molecule has 1 heterocycles. The molecule has 1 aromatic heterocycles. The van der Waals surface area contributed by atoms with Crippen molar-refractivity contribution >= 4 is 17.5 Å². The zero-order chi connectivity index (χ0) is 13.6. The molecule has 0 bridgehead atoms. The van der Waals surface area contributed by atoms with Gasteiger partial charge in [-0.25, -0.2) is 4.57 Å². The molecule has 2 rings (SSSR count). The van der Waals surface area contributed by atoms with Gasteiger partial charge in [0.15, 0.2) is 0 Å². The van der Waals surface area contributed by atoms with E-state index in [0.717, 1.165) is 4.73 Å². The molecule has 0 saturated carbocycles. The Bertz CT molecular complexity index is 625. The minimum atomic E-state index is -0.785. The number of Topliss-reactive ketones (excluding diaryl/α,β-unsaturated/α-hetero) is 1. The van der Waals surface area contributed by atoms with Gasteiger partial charge in [-0.3, -0.25) is 14.4 Å². The average Bonchev–Trinajstić information content (AvgIpc) is 2.59. The second-order valence-electron chi connectivity index (χ2n) is 3.94. The predicted molar refractivity (Wildman–Crippen MR) is 59.0 cm³/mol. The number of hydrogen-bond donors (Lipinski definition) is 1. The fourth-order valence-electron chi connectivity index (χ4n) is 2.05. The van der Waals surface area contributed by atoms with Crippen LogP contribution in [0.1, 0.15) is 38.5 Å². The van der Waals surface area contributed by atoms with E-state index < -0.39 is 5.91 Å². The lowest BCUT2D eigenvalue weighted by molar-refractivity contribution is -0.675. The Morgan fingerprint density at radius 2 is 2.06 bits per heavy atom. The smallest absolute Gasteiger partial charge is 0.359 e. The fraction of sp³-hybridized carbons (Fsp3) is 0.273. The molecule has 2 N–H and O–H groups in total. The van der Waals surface area contributed by atoms with Crippen LogP contribution < -0.4 is 15.1 Å². The molecule has 0 unspecified atom stereocenters. The Morgan fingerprint density at radius 3 is 2.56 bits per heavy atom. The molecule has 0 spiro atoms. The van der Waals surface area contributed by atoms with Gasteiger partial charge in [0.2, 0.25) is 17.3 Å². The molecule has 1 amide bonds. The van der Waals surface area contributed by atoms with Crippen molar-refractivity contribution in [1.82, 2.24) is 4.73 Å². The third-order valence-corrected chi connectivity index (χ3v) is 2.83. The van der Waals surface area contributed by atoms with Crippen LogP contribution in [0.5, 0.6) is 0 Å². The van der Waals surface area contributed by atoms with Crippen molar-refractivity contribution in [2.45, 2.75) is 6.92 Å². The number of carbonyl (C=O) groups is 3. The largest absolute Gasteiger partial charge is 0.387 e. The predicted octanol–water partition coefficient (Wildman–Crippen LogP) is -1.20. The van der Waals surface area contributed by atoms with Gasteiger partial charge in [0.05, 0.1) is 7.05 Å². The summed E-state index contributed by atoms with van der Waals surface area (Å²) in [6.45, 7) is 1.53. The van der Waals surface area contributed by atoms with Gasteiger partial charge in [-0.2, -0.15) is 0 Å². The number of ketones is 2. The van der Waals surface area contributed by atoms with E-state index in [-0.39, 0.29) is 28.8 Å². The number of primary amides is 1. The molecule has 1 aliphatic rings. The van der Waals surface area contributed by atoms with Crippen molar-refractivity contribution < 1.29 is 23.8 Å². The molecule has 0 radical (unpaired) electrons. The summed E-state index contributed by atoms with van der Waals surface area (Å²) in [6.07, 6.45) is 1.23. The molecular formula is C11H12N3O4+. The van der Waals surface area contributed by atoms with E-state index in [1.165, 1.54) is 31.7 Å². The maximum atomic E-state index is 12.0. The van der Waals surface area contributed by atoms with Gasteiger partial charge in [-0.05, 0) is 17.7 Å². The first-order chi connectivity index (χ1) is 8.40. The number of aromatic nitrogens is 2. The monoisotopic (exact) mass is 250 g/mol. The minimum Gasteiger partial charge on any atom is -0.359 e. The van der Waals surface area contributed by atoms with E-state index in [0.29, 0.717) is 5.57 Å². The Kier molecular flexibility index (Phi) is 2.54. The highest BCUT2D eigenvalue weighted by molar-refractivity contribution is 6.22. The highest BCUT2D eigenvalue weighted by Crippen LogP contribution is 2.19. The molecule has 1 aliphatic carbocycles. The number of nitrogens with zero attached hydrogens (tertiary/aromatic N) is 2. The van der Waals surface area contributed by atoms with Gasteiger partial charge < -0.3 is 10.6 Å². The van der Waals surface area contributed by atoms with Gasteiger partial charge in [-0.1, -0.05) is 0 Å². The number of fused-ring (bicyclic) bond motifs is 1. The van der Waals surface area contributed by atoms with Crippen molar-refractivity contribution in [2.24, 2.45) is 12.8 Å². The lowest BCUT2D eigenvalue weighted by Gasteiger charge is -2.04. The van der Waals surface area contributed by atoms with Crippen molar-refractivity contribution in [3.63, 3.8) is 0 Å². The van der Waals surface area contributed by atoms with Gasteiger partial charge in [0, 0.05) is 5.57 Å². The van der Waals surface area contributed by atoms with E-state index in [1.807, 2.05) is 0 Å². The van der Waals surface area contributed by atoms with Crippen LogP contribution in [0.4, 0.5) is 0 Å². The van der Waals surface area contributed by atoms with Crippen LogP contribution in [0.25, 0.3) is 0 Å². The highest BCUT2D eigenvalue weighted by atomic mass is 16.6. The number of allylic oxidation sites excluding steroid dienone is 2. The molecule has 7 nitrogen and oxygen atoms in total. The summed E-state index contributed by atoms with van der Waals surface area (Å²) in [7, 11) is 2.77. The first kappa shape index (κ1) is 12.0. The molecule has 0 saturated heterocycles. The summed E-state index contributed by atoms with van der Waals surface area (Å²) < 4.78 is 2.26. The molecule has 18 heavy (non-hydrogen) atoms. The summed E-state index contributed by atoms with van der Waals surface area (Å²) in [5.74, 6) is -1.57. The summed E-state index contributed by atoms with van der Waals surface area (Å²) in [4.78, 5) is 40.3. The molecule has 0 aliphatic heterocycles. The van der Waals surface area contributed by atoms with Crippen LogP contribution in [0.3, 0.4) is 0 Å². The standard InChI is InChI=1S/C11H11N3O4/c1-5-4-6(15)7-8(9(5)16)14(18-3)11(10(12)17)13(7)2/h4H,1-3H3,(H-,12,17)/p+1. The molecule has 0 atom stereocenters. The van der Waals surface area contributed by atoms with E-state index in [4.69, 9.17) is 10.6 Å². The first-order valence-electron chi connectivity index (χ1n) is 5.16. The van der Waals surface area contributed by atoms with Gasteiger partial charge in [-0.15, -0.1) is 0 Å². The minimum absolute atomic E-state index is 0.0267. The molecule has 1 aromatic rings. The Morgan fingerprint density at radius 1 is 1.44 bits per heavy atom. The highest BCUT2D eigenvalue weighted by Gasteiger charge is 2.42. The molecule has 94 valence electrons. The normalized spacial score (nSPS) is 14.3. The van der Waals surface area contributed by atoms with Gasteiger partial charge >= 0.3 is 11.7 Å². The van der Waals surface area contributed by atoms with Gasteiger partial charge in [0.1, 0.15) is 7.11 Å². The van der Waals surface area contributed by atoms with Crippen LogP contribution in [0, 0.1) is 0 Å². The third-order valence-electron chi connectivity index (χ3n) is 2.83. The van der Waals surface area contributed by atoms with Crippen LogP contribution in [0.15, 0.2) is 11.6 Å². The second kappa shape index (κ2) is 3.80. The zero-order valence-corrected chi connectivity index (χ0v) is 10.2. The number of carbonyl (C=O) groups excluding carboxylic acids is 3. The summed E-state index contributed by atoms with van der Waals surface area (Å²) in [6, 6.07) is 0. The van der Waals surface area contributed by atoms with Crippen molar-refractivity contribution in [2.75, 3.05) is 7.11 Å². The third kappa shape index (κ3) is 1.37. The SMILES string of the molecule is COn1c2c([n+](C)c1C(N)=O)C(=O)C=C(C)C2=O. The van der Waals surface area contributed by atoms with Crippen LogP contribution in [-0.2, 0) is 7.05 Å². The number of imidazole rings is 1. The van der Waals surface area contributed by atoms with Crippen molar-refractivity contribution in [1.29, 1.82) is 0 Å². The zero-order valence-electron chi connectivity index (χ0n) is 10.2. The average molecular weight is 250 g/mol. The van der Waals surface area contributed by atoms with E-state index >= 15 is 0 Å². The lowest BCUT2D eigenvalue weighted by Crippen LogP contribution is -2.43. The number of amides is 1. The molecule has 0 fully saturated rings. The second-order valence-corrected chi connectivity index (χ2v) is 3.94. The van der Waals surface area contributed by atoms with Crippen LogP contribution in [-0.4, -0.2) is 29.3 Å². The number of rotatable bonds is 2. The van der Waals surface area contributed by atoms with E-state index in [9.17, 15) is 14.4 Å². The van der Waals surface area contributed by atoms with Crippen molar-refractivity contribution in [3.8, 4) is 0 Å². The maximum absolute atomic E-state index is 12.0. The maximum Gasteiger partial charge on any atom is 0.387 e. The Balaban J connectivity index is 2.87. The molecule has 7 heteroatoms. The van der Waals surface area contributed by atoms with E-state index in [2.05, 4.69) is 0 Å². The fourth-order valence-corrected chi connectivity index (χ4v) is 2.05. The van der Waals surface area contributed by atoms with Crippen LogP contribution >= 0.6 is 0 Å². The topological polar surface area (TPSA) is 95.3 Å². The van der Waals surface area contributed by atoms with Crippen LogP contribution in [0.2, 0.25) is 0 Å². The van der Waals surface area contributed by atoms with Crippen molar-refractivity contribution in [3.05, 3.63) is 28.9 Å². The molecule has 0 aromatic carbocycles. The lowest BCUT2D eigenvalue weighted by atomic mass is 9.99. The Labute approximate surface area is 102 Å². The van der Waals surface area contributed by atoms with E-state index in [1.54, 1.807) is 0 Å². The quantitative estimate of drug-likeness (QED) is 0.666.